The second-order valence-electron chi connectivity index (χ2n) is 2.70. The first-order chi connectivity index (χ1) is 6.68. The molecule has 0 saturated heterocycles. The molecule has 4 nitrogen and oxygen atoms in total. The topological polar surface area (TPSA) is 66.4 Å². The zero-order valence-electron chi connectivity index (χ0n) is 8.14. The van der Waals surface area contributed by atoms with E-state index < -0.39 is 18.4 Å². The number of aliphatic carboxylic acids is 1. The predicted molar refractivity (Wildman–Crippen MR) is 51.6 cm³/mol. The third-order valence-electron chi connectivity index (χ3n) is 1.53. The number of benzene rings is 1. The van der Waals surface area contributed by atoms with Crippen molar-refractivity contribution in [3.63, 3.8) is 0 Å². The van der Waals surface area contributed by atoms with Gasteiger partial charge in [-0.3, -0.25) is 4.79 Å². The normalized spacial score (nSPS) is 8.80. The fraction of sp³-hybridized carbons (Fsp3) is 0.200. The fourth-order valence-corrected chi connectivity index (χ4v) is 0.907. The summed E-state index contributed by atoms with van der Waals surface area (Å²) < 4.78 is 4.68. The van der Waals surface area contributed by atoms with E-state index in [2.05, 4.69) is 4.74 Å². The summed E-state index contributed by atoms with van der Waals surface area (Å²) >= 11 is 0. The van der Waals surface area contributed by atoms with Crippen LogP contribution in [0.5, 0.6) is 0 Å². The predicted octanol–water partition coefficient (Wildman–Crippen LogP) is -0.511. The van der Waals surface area contributed by atoms with Crippen LogP contribution in [0.25, 0.3) is 0 Å². The molecule has 74 valence electrons. The van der Waals surface area contributed by atoms with Gasteiger partial charge in [0, 0.05) is 0 Å². The number of hydrogen-bond acceptors (Lipinski definition) is 4. The van der Waals surface area contributed by atoms with Gasteiger partial charge in [0.05, 0.1) is 12.4 Å². The summed E-state index contributed by atoms with van der Waals surface area (Å²) in [6.45, 7) is 0.0902. The van der Waals surface area contributed by atoms with Crippen molar-refractivity contribution in [2.24, 2.45) is 0 Å². The second-order valence-corrected chi connectivity index (χ2v) is 2.70. The first-order valence-electron chi connectivity index (χ1n) is 4.08. The summed E-state index contributed by atoms with van der Waals surface area (Å²) in [5.74, 6) is -2.21. The molecule has 1 aromatic rings. The Labute approximate surface area is 103 Å². The number of carbonyl (C=O) groups is 2. The number of rotatable bonds is 4. The number of esters is 1. The summed E-state index contributed by atoms with van der Waals surface area (Å²) in [6, 6.07) is 9.02. The molecule has 0 heterocycles. The maximum Gasteiger partial charge on any atom is 2.00 e. The molecular weight excluding hydrogens is 208 g/mol. The molecule has 0 radical (unpaired) electrons. The van der Waals surface area contributed by atoms with Crippen LogP contribution in [0, 0.1) is 0 Å². The van der Waals surface area contributed by atoms with E-state index in [0.29, 0.717) is 0 Å². The zero-order valence-corrected chi connectivity index (χ0v) is 9.56. The molecule has 0 amide bonds. The van der Waals surface area contributed by atoms with Gasteiger partial charge in [0.15, 0.2) is 0 Å². The fourth-order valence-electron chi connectivity index (χ4n) is 0.907. The minimum atomic E-state index is -1.43. The molecule has 0 aliphatic carbocycles. The summed E-state index contributed by atoms with van der Waals surface area (Å²) in [4.78, 5) is 20.8. The molecule has 0 fully saturated rings. The van der Waals surface area contributed by atoms with Crippen molar-refractivity contribution in [3.8, 4) is 0 Å². The molecule has 5 heteroatoms. The largest absolute Gasteiger partial charge is 2.00 e. The Morgan fingerprint density at radius 1 is 1.20 bits per heavy atom. The number of ether oxygens (including phenoxy) is 1. The molecule has 0 unspecified atom stereocenters. The Hall–Kier alpha value is -1.07. The van der Waals surface area contributed by atoms with Gasteiger partial charge in [0.2, 0.25) is 0 Å². The smallest absolute Gasteiger partial charge is 0.550 e. The average molecular weight is 217 g/mol. The standard InChI is InChI=1S/C10H10O4.Mg/c11-9(12)6-10(13)14-7-8-4-2-1-3-5-8;/h1-5H,6-7H2,(H,11,12);/q;+2/p-1. The van der Waals surface area contributed by atoms with E-state index in [9.17, 15) is 14.7 Å². The van der Waals surface area contributed by atoms with Crippen molar-refractivity contribution in [3.05, 3.63) is 35.9 Å². The SMILES string of the molecule is O=C([O-])CC(=O)OCc1ccccc1.[Mg+2]. The van der Waals surface area contributed by atoms with Crippen molar-refractivity contribution < 1.29 is 19.4 Å². The van der Waals surface area contributed by atoms with E-state index in [-0.39, 0.29) is 29.7 Å². The number of carboxylic acids is 1. The van der Waals surface area contributed by atoms with E-state index in [1.165, 1.54) is 0 Å². The van der Waals surface area contributed by atoms with E-state index in [1.807, 2.05) is 18.2 Å². The van der Waals surface area contributed by atoms with Crippen LogP contribution in [-0.4, -0.2) is 35.0 Å². The third kappa shape index (κ3) is 6.08. The first-order valence-corrected chi connectivity index (χ1v) is 4.08. The van der Waals surface area contributed by atoms with Crippen molar-refractivity contribution in [2.75, 3.05) is 0 Å². The monoisotopic (exact) mass is 217 g/mol. The second kappa shape index (κ2) is 7.25. The summed E-state index contributed by atoms with van der Waals surface area (Å²) in [5.41, 5.74) is 0.819. The Morgan fingerprint density at radius 3 is 2.33 bits per heavy atom. The maximum absolute atomic E-state index is 10.8. The van der Waals surface area contributed by atoms with Crippen LogP contribution in [-0.2, 0) is 20.9 Å². The van der Waals surface area contributed by atoms with Gasteiger partial charge in [-0.25, -0.2) is 0 Å². The van der Waals surface area contributed by atoms with Crippen molar-refractivity contribution in [1.82, 2.24) is 0 Å². The number of carboxylic acid groups (broad SMARTS) is 1. The number of carbonyl (C=O) groups excluding carboxylic acids is 2. The number of hydrogen-bond donors (Lipinski definition) is 0. The maximum atomic E-state index is 10.8. The Kier molecular flexibility index (Phi) is 6.73. The van der Waals surface area contributed by atoms with Gasteiger partial charge in [0.25, 0.3) is 0 Å². The molecule has 0 spiro atoms. The van der Waals surface area contributed by atoms with Crippen LogP contribution < -0.4 is 5.11 Å². The van der Waals surface area contributed by atoms with Crippen LogP contribution in [0.2, 0.25) is 0 Å². The Bertz CT molecular complexity index is 323. The van der Waals surface area contributed by atoms with E-state index in [4.69, 9.17) is 0 Å². The third-order valence-corrected chi connectivity index (χ3v) is 1.53. The summed E-state index contributed by atoms with van der Waals surface area (Å²) in [6.07, 6.45) is -0.702. The molecule has 0 aliphatic heterocycles. The van der Waals surface area contributed by atoms with Gasteiger partial charge in [-0.05, 0) is 5.56 Å². The minimum Gasteiger partial charge on any atom is -0.550 e. The zero-order chi connectivity index (χ0) is 10.4. The molecule has 0 bridgehead atoms. The van der Waals surface area contributed by atoms with Gasteiger partial charge in [0.1, 0.15) is 6.61 Å². The van der Waals surface area contributed by atoms with Crippen molar-refractivity contribution in [2.45, 2.75) is 13.0 Å². The summed E-state index contributed by atoms with van der Waals surface area (Å²) in [5, 5.41) is 10.0. The average Bonchev–Trinajstić information content (AvgIpc) is 2.15. The van der Waals surface area contributed by atoms with Crippen molar-refractivity contribution >= 4 is 35.0 Å². The molecule has 1 aromatic carbocycles. The van der Waals surface area contributed by atoms with Gasteiger partial charge in [-0.1, -0.05) is 30.3 Å². The quantitative estimate of drug-likeness (QED) is 0.387. The van der Waals surface area contributed by atoms with E-state index in [0.717, 1.165) is 5.56 Å². The van der Waals surface area contributed by atoms with E-state index >= 15 is 0 Å². The van der Waals surface area contributed by atoms with Crippen molar-refractivity contribution in [1.29, 1.82) is 0 Å². The molecule has 0 aromatic heterocycles. The van der Waals surface area contributed by atoms with Gasteiger partial charge in [-0.15, -0.1) is 0 Å². The molecular formula is C10H9MgO4+. The molecule has 0 aliphatic rings. The first kappa shape index (κ1) is 13.9. The van der Waals surface area contributed by atoms with Crippen LogP contribution in [0.15, 0.2) is 30.3 Å². The Morgan fingerprint density at radius 2 is 1.80 bits per heavy atom. The van der Waals surface area contributed by atoms with Gasteiger partial charge >= 0.3 is 29.0 Å². The minimum absolute atomic E-state index is 0. The molecule has 15 heavy (non-hydrogen) atoms. The van der Waals surface area contributed by atoms with Crippen LogP contribution in [0.1, 0.15) is 12.0 Å². The molecule has 0 saturated carbocycles. The molecule has 0 atom stereocenters. The molecule has 1 rings (SSSR count). The van der Waals surface area contributed by atoms with Gasteiger partial charge in [-0.2, -0.15) is 0 Å². The van der Waals surface area contributed by atoms with Gasteiger partial charge < -0.3 is 14.6 Å². The van der Waals surface area contributed by atoms with Crippen LogP contribution in [0.4, 0.5) is 0 Å². The summed E-state index contributed by atoms with van der Waals surface area (Å²) in [7, 11) is 0. The Balaban J connectivity index is 0.00000196. The van der Waals surface area contributed by atoms with Crippen LogP contribution >= 0.6 is 0 Å². The van der Waals surface area contributed by atoms with Crippen LogP contribution in [0.3, 0.4) is 0 Å². The van der Waals surface area contributed by atoms with E-state index in [1.54, 1.807) is 12.1 Å². The molecule has 0 N–H and O–H groups in total.